The number of hydrogen-bond donors (Lipinski definition) is 2. The Bertz CT molecular complexity index is 820. The zero-order valence-corrected chi connectivity index (χ0v) is 17.9. The topological polar surface area (TPSA) is 44.4 Å². The Morgan fingerprint density at radius 3 is 2.59 bits per heavy atom. The van der Waals surface area contributed by atoms with E-state index in [4.69, 9.17) is 0 Å². The highest BCUT2D eigenvalue weighted by atomic mass is 16.2. The molecule has 4 heteroatoms. The fourth-order valence-corrected chi connectivity index (χ4v) is 4.92. The van der Waals surface area contributed by atoms with E-state index in [0.717, 1.165) is 43.7 Å². The molecule has 2 fully saturated rings. The molecule has 0 radical (unpaired) electrons. The number of nitrogens with one attached hydrogen (secondary N) is 2. The van der Waals surface area contributed by atoms with Crippen molar-refractivity contribution >= 4 is 16.8 Å². The molecule has 29 heavy (non-hydrogen) atoms. The molecule has 0 heterocycles. The molecule has 2 saturated carbocycles. The SMILES string of the molecule is CN(C)C(=O)N[C@H]1CC[C@H](CCNC[C@@H]2C[C@H]2c2cccc3ccccc23)CC1. The van der Waals surface area contributed by atoms with E-state index < -0.39 is 0 Å². The van der Waals surface area contributed by atoms with Gasteiger partial charge in [0.15, 0.2) is 0 Å². The van der Waals surface area contributed by atoms with Crippen LogP contribution in [-0.2, 0) is 0 Å². The van der Waals surface area contributed by atoms with Gasteiger partial charge < -0.3 is 15.5 Å². The Morgan fingerprint density at radius 2 is 1.79 bits per heavy atom. The minimum atomic E-state index is 0.0419. The quantitative estimate of drug-likeness (QED) is 0.667. The maximum atomic E-state index is 11.8. The van der Waals surface area contributed by atoms with Gasteiger partial charge in [0.2, 0.25) is 0 Å². The van der Waals surface area contributed by atoms with Gasteiger partial charge in [0, 0.05) is 20.1 Å². The molecule has 2 aliphatic rings. The Morgan fingerprint density at radius 1 is 1.03 bits per heavy atom. The lowest BCUT2D eigenvalue weighted by Gasteiger charge is -2.30. The predicted molar refractivity (Wildman–Crippen MR) is 120 cm³/mol. The Balaban J connectivity index is 1.14. The third-order valence-electron chi connectivity index (χ3n) is 6.86. The standard InChI is InChI=1S/C25H35N3O/c1-28(2)25(29)27-21-12-10-18(11-13-21)14-15-26-17-20-16-24(20)23-9-5-7-19-6-3-4-8-22(19)23/h3-9,18,20-21,24,26H,10-17H2,1-2H3,(H,27,29)/t18-,20-,21-,24+/m0/s1. The number of fused-ring (bicyclic) bond motifs is 1. The summed E-state index contributed by atoms with van der Waals surface area (Å²) in [4.78, 5) is 13.4. The molecule has 2 aromatic rings. The van der Waals surface area contributed by atoms with E-state index >= 15 is 0 Å². The first-order chi connectivity index (χ1) is 14.1. The van der Waals surface area contributed by atoms with Gasteiger partial charge in [0.1, 0.15) is 0 Å². The molecule has 0 spiro atoms. The number of carbonyl (C=O) groups is 1. The minimum absolute atomic E-state index is 0.0419. The molecule has 0 unspecified atom stereocenters. The van der Waals surface area contributed by atoms with Crippen molar-refractivity contribution in [1.29, 1.82) is 0 Å². The third-order valence-corrected chi connectivity index (χ3v) is 6.86. The molecule has 2 aliphatic carbocycles. The van der Waals surface area contributed by atoms with Crippen LogP contribution in [0.1, 0.15) is 50.0 Å². The van der Waals surface area contributed by atoms with Crippen LogP contribution in [0.5, 0.6) is 0 Å². The van der Waals surface area contributed by atoms with E-state index in [1.54, 1.807) is 19.0 Å². The van der Waals surface area contributed by atoms with Gasteiger partial charge in [-0.05, 0) is 85.7 Å². The van der Waals surface area contributed by atoms with Gasteiger partial charge in [-0.25, -0.2) is 4.79 Å². The second kappa shape index (κ2) is 9.17. The minimum Gasteiger partial charge on any atom is -0.335 e. The summed E-state index contributed by atoms with van der Waals surface area (Å²) in [6, 6.07) is 15.9. The van der Waals surface area contributed by atoms with Gasteiger partial charge in [-0.15, -0.1) is 0 Å². The van der Waals surface area contributed by atoms with Crippen molar-refractivity contribution in [3.05, 3.63) is 48.0 Å². The summed E-state index contributed by atoms with van der Waals surface area (Å²) in [6.07, 6.45) is 7.30. The fraction of sp³-hybridized carbons (Fsp3) is 0.560. The number of nitrogens with zero attached hydrogens (tertiary/aromatic N) is 1. The first kappa shape index (κ1) is 20.2. The summed E-state index contributed by atoms with van der Waals surface area (Å²) in [6.45, 7) is 2.26. The van der Waals surface area contributed by atoms with E-state index in [1.165, 1.54) is 42.0 Å². The molecule has 0 bridgehead atoms. The van der Waals surface area contributed by atoms with E-state index in [2.05, 4.69) is 53.1 Å². The molecule has 2 atom stereocenters. The number of rotatable bonds is 7. The molecular weight excluding hydrogens is 358 g/mol. The van der Waals surface area contributed by atoms with Crippen LogP contribution in [0.15, 0.2) is 42.5 Å². The third kappa shape index (κ3) is 5.11. The predicted octanol–water partition coefficient (Wildman–Crippen LogP) is 4.75. The zero-order chi connectivity index (χ0) is 20.2. The smallest absolute Gasteiger partial charge is 0.317 e. The summed E-state index contributed by atoms with van der Waals surface area (Å²) in [5.74, 6) is 2.32. The van der Waals surface area contributed by atoms with Crippen LogP contribution in [0.25, 0.3) is 10.8 Å². The molecule has 2 N–H and O–H groups in total. The molecule has 2 aromatic carbocycles. The molecule has 0 saturated heterocycles. The summed E-state index contributed by atoms with van der Waals surface area (Å²) in [5.41, 5.74) is 1.54. The Labute approximate surface area is 175 Å². The van der Waals surface area contributed by atoms with Gasteiger partial charge in [-0.1, -0.05) is 42.5 Å². The fourth-order valence-electron chi connectivity index (χ4n) is 4.92. The highest BCUT2D eigenvalue weighted by Gasteiger charge is 2.38. The Kier molecular flexibility index (Phi) is 6.39. The molecule has 2 amide bonds. The summed E-state index contributed by atoms with van der Waals surface area (Å²) >= 11 is 0. The first-order valence-corrected chi connectivity index (χ1v) is 11.3. The molecule has 0 aromatic heterocycles. The van der Waals surface area contributed by atoms with Crippen molar-refractivity contribution in [3.8, 4) is 0 Å². The van der Waals surface area contributed by atoms with Gasteiger partial charge in [0.25, 0.3) is 0 Å². The maximum Gasteiger partial charge on any atom is 0.317 e. The second-order valence-electron chi connectivity index (χ2n) is 9.23. The van der Waals surface area contributed by atoms with Crippen molar-refractivity contribution < 1.29 is 4.79 Å². The van der Waals surface area contributed by atoms with Gasteiger partial charge in [-0.3, -0.25) is 0 Å². The van der Waals surface area contributed by atoms with Crippen LogP contribution >= 0.6 is 0 Å². The van der Waals surface area contributed by atoms with Crippen molar-refractivity contribution in [2.45, 2.75) is 50.5 Å². The number of hydrogen-bond acceptors (Lipinski definition) is 2. The molecule has 4 nitrogen and oxygen atoms in total. The van der Waals surface area contributed by atoms with Gasteiger partial charge in [0.05, 0.1) is 0 Å². The number of urea groups is 1. The lowest BCUT2D eigenvalue weighted by atomic mass is 9.84. The summed E-state index contributed by atoms with van der Waals surface area (Å²) < 4.78 is 0. The molecule has 4 rings (SSSR count). The largest absolute Gasteiger partial charge is 0.335 e. The maximum absolute atomic E-state index is 11.8. The van der Waals surface area contributed by atoms with E-state index in [9.17, 15) is 4.79 Å². The lowest BCUT2D eigenvalue weighted by molar-refractivity contribution is 0.203. The van der Waals surface area contributed by atoms with E-state index in [1.807, 2.05) is 0 Å². The number of benzene rings is 2. The summed E-state index contributed by atoms with van der Waals surface area (Å²) in [7, 11) is 3.61. The van der Waals surface area contributed by atoms with Crippen LogP contribution in [-0.4, -0.2) is 44.2 Å². The van der Waals surface area contributed by atoms with Crippen molar-refractivity contribution in [3.63, 3.8) is 0 Å². The monoisotopic (exact) mass is 393 g/mol. The molecular formula is C25H35N3O. The van der Waals surface area contributed by atoms with Crippen molar-refractivity contribution in [2.24, 2.45) is 11.8 Å². The number of amides is 2. The van der Waals surface area contributed by atoms with Crippen LogP contribution in [0.3, 0.4) is 0 Å². The first-order valence-electron chi connectivity index (χ1n) is 11.3. The highest BCUT2D eigenvalue weighted by molar-refractivity contribution is 5.86. The summed E-state index contributed by atoms with van der Waals surface area (Å²) in [5, 5.41) is 9.65. The number of carbonyl (C=O) groups excluding carboxylic acids is 1. The lowest BCUT2D eigenvalue weighted by Crippen LogP contribution is -2.43. The van der Waals surface area contributed by atoms with Crippen LogP contribution in [0.2, 0.25) is 0 Å². The van der Waals surface area contributed by atoms with Gasteiger partial charge in [-0.2, -0.15) is 0 Å². The van der Waals surface area contributed by atoms with E-state index in [-0.39, 0.29) is 6.03 Å². The molecule has 156 valence electrons. The average molecular weight is 394 g/mol. The Hall–Kier alpha value is -2.07. The van der Waals surface area contributed by atoms with Crippen molar-refractivity contribution in [1.82, 2.24) is 15.5 Å². The highest BCUT2D eigenvalue weighted by Crippen LogP contribution is 2.49. The van der Waals surface area contributed by atoms with Crippen LogP contribution in [0, 0.1) is 11.8 Å². The zero-order valence-electron chi connectivity index (χ0n) is 17.9. The molecule has 0 aliphatic heterocycles. The second-order valence-corrected chi connectivity index (χ2v) is 9.23. The van der Waals surface area contributed by atoms with Crippen LogP contribution in [0.4, 0.5) is 4.79 Å². The average Bonchev–Trinajstić information content (AvgIpc) is 3.51. The normalized spacial score (nSPS) is 26.3. The van der Waals surface area contributed by atoms with E-state index in [0.29, 0.717) is 6.04 Å². The van der Waals surface area contributed by atoms with Crippen molar-refractivity contribution in [2.75, 3.05) is 27.2 Å². The van der Waals surface area contributed by atoms with Gasteiger partial charge >= 0.3 is 6.03 Å². The van der Waals surface area contributed by atoms with Crippen LogP contribution < -0.4 is 10.6 Å².